The molecule has 166 valence electrons. The van der Waals surface area contributed by atoms with E-state index in [1.165, 1.54) is 0 Å². The van der Waals surface area contributed by atoms with Crippen LogP contribution in [-0.4, -0.2) is 46.9 Å². The van der Waals surface area contributed by atoms with Gasteiger partial charge >= 0.3 is 0 Å². The molecule has 1 saturated heterocycles. The molecule has 2 heterocycles. The number of aromatic nitrogens is 2. The van der Waals surface area contributed by atoms with Crippen LogP contribution in [0.1, 0.15) is 27.3 Å². The Morgan fingerprint density at radius 1 is 1.12 bits per heavy atom. The Hall–Kier alpha value is -3.28. The lowest BCUT2D eigenvalue weighted by atomic mass is 9.98. The lowest BCUT2D eigenvalue weighted by molar-refractivity contribution is 0.100. The van der Waals surface area contributed by atoms with E-state index in [2.05, 4.69) is 36.9 Å². The van der Waals surface area contributed by atoms with E-state index in [1.807, 2.05) is 37.3 Å². The lowest BCUT2D eigenvalue weighted by Crippen LogP contribution is -2.36. The number of fused-ring (bicyclic) bond motifs is 1. The van der Waals surface area contributed by atoms with Crippen LogP contribution in [0.15, 0.2) is 42.5 Å². The summed E-state index contributed by atoms with van der Waals surface area (Å²) in [7, 11) is 0. The molecule has 2 aromatic carbocycles. The molecule has 0 bridgehead atoms. The number of carbonyl (C=O) groups excluding carboxylic acids is 1. The van der Waals surface area contributed by atoms with Crippen LogP contribution in [0.5, 0.6) is 11.6 Å². The van der Waals surface area contributed by atoms with Crippen molar-refractivity contribution >= 4 is 27.5 Å². The number of anilines is 1. The van der Waals surface area contributed by atoms with E-state index >= 15 is 0 Å². The molecule has 0 saturated carbocycles. The zero-order valence-corrected chi connectivity index (χ0v) is 19.6. The van der Waals surface area contributed by atoms with Crippen molar-refractivity contribution in [1.29, 1.82) is 5.26 Å². The number of nitriles is 1. The molecule has 1 aliphatic heterocycles. The monoisotopic (exact) mass is 504 g/mol. The van der Waals surface area contributed by atoms with Gasteiger partial charge in [-0.15, -0.1) is 0 Å². The third-order valence-electron chi connectivity index (χ3n) is 5.83. The van der Waals surface area contributed by atoms with Crippen molar-refractivity contribution in [3.63, 3.8) is 0 Å². The molecule has 1 aromatic heterocycles. The van der Waals surface area contributed by atoms with Crippen molar-refractivity contribution in [1.82, 2.24) is 9.97 Å². The summed E-state index contributed by atoms with van der Waals surface area (Å²) in [6.07, 6.45) is 0.655. The van der Waals surface area contributed by atoms with Gasteiger partial charge in [0.1, 0.15) is 17.4 Å². The quantitative estimate of drug-likeness (QED) is 0.484. The maximum Gasteiger partial charge on any atom is 0.224 e. The summed E-state index contributed by atoms with van der Waals surface area (Å²) in [6.45, 7) is 4.66. The third kappa shape index (κ3) is 4.34. The normalized spacial score (nSPS) is 17.5. The first-order valence-electron chi connectivity index (χ1n) is 10.7. The number of Topliss-reactive ketones (excluding diaryl/α,β-unsaturated/α-hetero) is 1. The van der Waals surface area contributed by atoms with Crippen LogP contribution in [-0.2, 0) is 11.2 Å². The summed E-state index contributed by atoms with van der Waals surface area (Å²) >= 11 is 3.45. The number of alkyl halides is 1. The van der Waals surface area contributed by atoms with Crippen LogP contribution in [0, 0.1) is 18.3 Å². The lowest BCUT2D eigenvalue weighted by Gasteiger charge is -2.28. The average molecular weight is 505 g/mol. The Morgan fingerprint density at radius 2 is 1.91 bits per heavy atom. The Balaban J connectivity index is 1.52. The van der Waals surface area contributed by atoms with E-state index in [4.69, 9.17) is 9.47 Å². The van der Waals surface area contributed by atoms with Gasteiger partial charge in [0.15, 0.2) is 5.78 Å². The second kappa shape index (κ2) is 8.93. The summed E-state index contributed by atoms with van der Waals surface area (Å²) in [5.41, 5.74) is 3.98. The highest BCUT2D eigenvalue weighted by molar-refractivity contribution is 9.10. The molecule has 1 atom stereocenters. The fourth-order valence-corrected chi connectivity index (χ4v) is 4.78. The number of nitrogens with zero attached hydrogens (tertiary/aromatic N) is 4. The molecule has 0 spiro atoms. The maximum absolute atomic E-state index is 12.3. The molecule has 3 aromatic rings. The van der Waals surface area contributed by atoms with Gasteiger partial charge in [-0.25, -0.2) is 4.98 Å². The Bertz CT molecular complexity index is 1280. The SMILES string of the molecule is Cc1nc(Oc2cc(C#N)ccc2-c2ccc3c(c2)CC(Br)C3=O)cc(N2CCOCC2)n1. The van der Waals surface area contributed by atoms with Gasteiger partial charge in [-0.1, -0.05) is 34.1 Å². The van der Waals surface area contributed by atoms with Crippen LogP contribution in [0.25, 0.3) is 11.1 Å². The van der Waals surface area contributed by atoms with E-state index in [9.17, 15) is 10.1 Å². The summed E-state index contributed by atoms with van der Waals surface area (Å²) < 4.78 is 11.7. The highest BCUT2D eigenvalue weighted by Crippen LogP contribution is 2.37. The number of carbonyl (C=O) groups is 1. The molecule has 8 heteroatoms. The number of hydrogen-bond donors (Lipinski definition) is 0. The van der Waals surface area contributed by atoms with Crippen molar-refractivity contribution in [3.8, 4) is 28.8 Å². The topological polar surface area (TPSA) is 88.3 Å². The van der Waals surface area contributed by atoms with Crippen molar-refractivity contribution in [2.24, 2.45) is 0 Å². The van der Waals surface area contributed by atoms with Crippen molar-refractivity contribution in [2.75, 3.05) is 31.2 Å². The Morgan fingerprint density at radius 3 is 2.70 bits per heavy atom. The van der Waals surface area contributed by atoms with Crippen LogP contribution < -0.4 is 9.64 Å². The summed E-state index contributed by atoms with van der Waals surface area (Å²) in [6, 6.07) is 15.1. The average Bonchev–Trinajstić information content (AvgIpc) is 3.12. The second-order valence-corrected chi connectivity index (χ2v) is 9.15. The molecule has 7 nitrogen and oxygen atoms in total. The van der Waals surface area contributed by atoms with Gasteiger partial charge < -0.3 is 14.4 Å². The number of aryl methyl sites for hydroxylation is 1. The van der Waals surface area contributed by atoms with Crippen LogP contribution in [0.3, 0.4) is 0 Å². The van der Waals surface area contributed by atoms with E-state index < -0.39 is 0 Å². The largest absolute Gasteiger partial charge is 0.438 e. The smallest absolute Gasteiger partial charge is 0.224 e. The highest BCUT2D eigenvalue weighted by atomic mass is 79.9. The number of ether oxygens (including phenoxy) is 2. The van der Waals surface area contributed by atoms with E-state index in [1.54, 1.807) is 12.1 Å². The number of halogens is 1. The van der Waals surface area contributed by atoms with Gasteiger partial charge in [0.2, 0.25) is 5.88 Å². The van der Waals surface area contributed by atoms with Crippen LogP contribution in [0.4, 0.5) is 5.82 Å². The number of rotatable bonds is 4. The molecule has 0 N–H and O–H groups in total. The van der Waals surface area contributed by atoms with E-state index in [0.717, 1.165) is 41.2 Å². The minimum atomic E-state index is -0.179. The first-order chi connectivity index (χ1) is 16.0. The molecule has 33 heavy (non-hydrogen) atoms. The molecule has 5 rings (SSSR count). The standard InChI is InChI=1S/C25H21BrN4O3/c1-15-28-23(30-6-8-32-9-7-30)13-24(29-15)33-22-10-16(14-27)2-4-19(22)17-3-5-20-18(11-17)12-21(26)25(20)31/h2-5,10-11,13,21H,6-9,12H2,1H3. The first-order valence-corrected chi connectivity index (χ1v) is 11.7. The molecule has 0 amide bonds. The summed E-state index contributed by atoms with van der Waals surface area (Å²) in [4.78, 5) is 23.3. The Kier molecular flexibility index (Phi) is 5.83. The maximum atomic E-state index is 12.3. The number of ketones is 1. The molecule has 1 unspecified atom stereocenters. The second-order valence-electron chi connectivity index (χ2n) is 8.04. The summed E-state index contributed by atoms with van der Waals surface area (Å²) in [5.74, 6) is 2.45. The molecular formula is C25H21BrN4O3. The first kappa shape index (κ1) is 21.6. The predicted molar refractivity (Wildman–Crippen MR) is 127 cm³/mol. The zero-order valence-electron chi connectivity index (χ0n) is 18.0. The molecular weight excluding hydrogens is 484 g/mol. The highest BCUT2D eigenvalue weighted by Gasteiger charge is 2.28. The summed E-state index contributed by atoms with van der Waals surface area (Å²) in [5, 5.41) is 9.44. The van der Waals surface area contributed by atoms with Crippen LogP contribution in [0.2, 0.25) is 0 Å². The molecule has 1 fully saturated rings. The molecule has 2 aliphatic rings. The van der Waals surface area contributed by atoms with E-state index in [0.29, 0.717) is 42.7 Å². The third-order valence-corrected chi connectivity index (χ3v) is 6.57. The van der Waals surface area contributed by atoms with Gasteiger partial charge in [-0.2, -0.15) is 10.2 Å². The van der Waals surface area contributed by atoms with E-state index in [-0.39, 0.29) is 10.6 Å². The van der Waals surface area contributed by atoms with Crippen molar-refractivity contribution in [2.45, 2.75) is 18.2 Å². The molecule has 1 aliphatic carbocycles. The van der Waals surface area contributed by atoms with Gasteiger partial charge in [0, 0.05) is 30.3 Å². The molecule has 0 radical (unpaired) electrons. The minimum absolute atomic E-state index is 0.111. The van der Waals surface area contributed by atoms with Gasteiger partial charge in [0.25, 0.3) is 0 Å². The predicted octanol–water partition coefficient (Wildman–Crippen LogP) is 4.45. The van der Waals surface area contributed by atoms with Crippen LogP contribution >= 0.6 is 15.9 Å². The zero-order chi connectivity index (χ0) is 22.9. The van der Waals surface area contributed by atoms with Crippen molar-refractivity contribution < 1.29 is 14.3 Å². The van der Waals surface area contributed by atoms with Crippen molar-refractivity contribution in [3.05, 3.63) is 65.0 Å². The fraction of sp³-hybridized carbons (Fsp3) is 0.280. The van der Waals surface area contributed by atoms with Gasteiger partial charge in [-0.05, 0) is 42.7 Å². The number of hydrogen-bond acceptors (Lipinski definition) is 7. The Labute approximate surface area is 200 Å². The van der Waals surface area contributed by atoms with Gasteiger partial charge in [-0.3, -0.25) is 4.79 Å². The fourth-order valence-electron chi connectivity index (χ4n) is 4.18. The number of benzene rings is 2. The number of morpholine rings is 1. The van der Waals surface area contributed by atoms with Gasteiger partial charge in [0.05, 0.1) is 29.7 Å². The minimum Gasteiger partial charge on any atom is -0.438 e.